The Labute approximate surface area is 109 Å². The van der Waals surface area contributed by atoms with E-state index in [0.29, 0.717) is 12.2 Å². The Morgan fingerprint density at radius 1 is 1.28 bits per heavy atom. The number of ether oxygens (including phenoxy) is 2. The van der Waals surface area contributed by atoms with Crippen LogP contribution in [0.3, 0.4) is 0 Å². The summed E-state index contributed by atoms with van der Waals surface area (Å²) in [6.45, 7) is 10.3. The molecular formula is C14H23NO3. The Kier molecular flexibility index (Phi) is 4.22. The van der Waals surface area contributed by atoms with Crippen LogP contribution in [-0.4, -0.2) is 29.9 Å². The highest BCUT2D eigenvalue weighted by molar-refractivity contribution is 5.89. The number of methoxy groups -OCH3 is 1. The van der Waals surface area contributed by atoms with Gasteiger partial charge in [0.2, 0.25) is 0 Å². The lowest BCUT2D eigenvalue weighted by atomic mass is 10.1. The smallest absolute Gasteiger partial charge is 0.340 e. The van der Waals surface area contributed by atoms with Crippen molar-refractivity contribution in [3.8, 4) is 0 Å². The Bertz CT molecular complexity index is 413. The summed E-state index contributed by atoms with van der Waals surface area (Å²) >= 11 is 0. The van der Waals surface area contributed by atoms with Gasteiger partial charge in [-0.3, -0.25) is 0 Å². The first-order chi connectivity index (χ1) is 8.15. The third-order valence-electron chi connectivity index (χ3n) is 2.52. The van der Waals surface area contributed by atoms with Crippen LogP contribution in [0.15, 0.2) is 18.5 Å². The maximum atomic E-state index is 11.9. The average molecular weight is 253 g/mol. The van der Waals surface area contributed by atoms with Gasteiger partial charge in [-0.2, -0.15) is 0 Å². The summed E-state index contributed by atoms with van der Waals surface area (Å²) in [5.41, 5.74) is -0.0925. The van der Waals surface area contributed by atoms with E-state index >= 15 is 0 Å². The summed E-state index contributed by atoms with van der Waals surface area (Å²) in [6, 6.07) is 1.77. The van der Waals surface area contributed by atoms with Gasteiger partial charge in [-0.15, -0.1) is 0 Å². The molecule has 0 fully saturated rings. The van der Waals surface area contributed by atoms with Gasteiger partial charge >= 0.3 is 5.97 Å². The van der Waals surface area contributed by atoms with Crippen molar-refractivity contribution in [2.75, 3.05) is 13.7 Å². The molecule has 0 spiro atoms. The number of aromatic nitrogens is 1. The Hall–Kier alpha value is -1.29. The minimum absolute atomic E-state index is 0.186. The van der Waals surface area contributed by atoms with Crippen molar-refractivity contribution in [1.29, 1.82) is 0 Å². The predicted octanol–water partition coefficient (Wildman–Crippen LogP) is 2.82. The van der Waals surface area contributed by atoms with Crippen LogP contribution in [0.5, 0.6) is 0 Å². The summed E-state index contributed by atoms with van der Waals surface area (Å²) in [5.74, 6) is -0.297. The van der Waals surface area contributed by atoms with Crippen LogP contribution in [0.25, 0.3) is 0 Å². The van der Waals surface area contributed by atoms with E-state index in [1.807, 2.05) is 31.5 Å². The molecule has 1 rings (SSSR count). The van der Waals surface area contributed by atoms with E-state index in [0.717, 1.165) is 0 Å². The van der Waals surface area contributed by atoms with Crippen molar-refractivity contribution in [3.63, 3.8) is 0 Å². The highest BCUT2D eigenvalue weighted by Gasteiger charge is 2.23. The fourth-order valence-electron chi connectivity index (χ4n) is 1.66. The lowest BCUT2D eigenvalue weighted by Gasteiger charge is -2.26. The molecule has 0 atom stereocenters. The fourth-order valence-corrected chi connectivity index (χ4v) is 1.66. The van der Waals surface area contributed by atoms with Gasteiger partial charge in [0.15, 0.2) is 0 Å². The third kappa shape index (κ3) is 3.88. The second kappa shape index (κ2) is 5.14. The molecule has 4 nitrogen and oxygen atoms in total. The zero-order valence-corrected chi connectivity index (χ0v) is 12.1. The van der Waals surface area contributed by atoms with Crippen molar-refractivity contribution >= 4 is 5.97 Å². The maximum absolute atomic E-state index is 11.9. The second-order valence-corrected chi connectivity index (χ2v) is 6.05. The van der Waals surface area contributed by atoms with Crippen LogP contribution in [0.4, 0.5) is 0 Å². The van der Waals surface area contributed by atoms with E-state index in [2.05, 4.69) is 13.8 Å². The van der Waals surface area contributed by atoms with E-state index < -0.39 is 5.60 Å². The van der Waals surface area contributed by atoms with Crippen LogP contribution in [0.1, 0.15) is 45.0 Å². The Morgan fingerprint density at radius 3 is 2.39 bits per heavy atom. The number of esters is 1. The SMILES string of the molecule is COCC(C)(C)n1ccc(C(=O)OC(C)(C)C)c1. The number of nitrogens with zero attached hydrogens (tertiary/aromatic N) is 1. The van der Waals surface area contributed by atoms with Gasteiger partial charge in [0.25, 0.3) is 0 Å². The van der Waals surface area contributed by atoms with Crippen LogP contribution in [0.2, 0.25) is 0 Å². The molecule has 4 heteroatoms. The molecule has 18 heavy (non-hydrogen) atoms. The van der Waals surface area contributed by atoms with E-state index in [1.165, 1.54) is 0 Å². The molecule has 0 bridgehead atoms. The number of rotatable bonds is 4. The zero-order chi connectivity index (χ0) is 14.0. The number of carbonyl (C=O) groups excluding carboxylic acids is 1. The molecule has 0 aliphatic carbocycles. The summed E-state index contributed by atoms with van der Waals surface area (Å²) < 4.78 is 12.5. The van der Waals surface area contributed by atoms with Crippen LogP contribution in [0, 0.1) is 0 Å². The number of carbonyl (C=O) groups is 1. The lowest BCUT2D eigenvalue weighted by molar-refractivity contribution is 0.00691. The van der Waals surface area contributed by atoms with E-state index in [4.69, 9.17) is 9.47 Å². The fraction of sp³-hybridized carbons (Fsp3) is 0.643. The molecular weight excluding hydrogens is 230 g/mol. The van der Waals surface area contributed by atoms with Gasteiger partial charge in [-0.1, -0.05) is 0 Å². The highest BCUT2D eigenvalue weighted by Crippen LogP contribution is 2.19. The summed E-state index contributed by atoms with van der Waals surface area (Å²) in [5, 5.41) is 0. The molecule has 0 aliphatic rings. The average Bonchev–Trinajstić information content (AvgIpc) is 2.63. The zero-order valence-electron chi connectivity index (χ0n) is 12.1. The molecule has 0 radical (unpaired) electrons. The van der Waals surface area contributed by atoms with Crippen LogP contribution in [-0.2, 0) is 15.0 Å². The third-order valence-corrected chi connectivity index (χ3v) is 2.52. The molecule has 102 valence electrons. The summed E-state index contributed by atoms with van der Waals surface area (Å²) in [4.78, 5) is 11.9. The summed E-state index contributed by atoms with van der Waals surface area (Å²) in [6.07, 6.45) is 3.67. The second-order valence-electron chi connectivity index (χ2n) is 6.05. The maximum Gasteiger partial charge on any atom is 0.340 e. The molecule has 1 aromatic rings. The quantitative estimate of drug-likeness (QED) is 0.775. The van der Waals surface area contributed by atoms with Crippen molar-refractivity contribution in [2.24, 2.45) is 0 Å². The largest absolute Gasteiger partial charge is 0.456 e. The standard InChI is InChI=1S/C14H23NO3/c1-13(2,3)18-12(16)11-7-8-15(9-11)14(4,5)10-17-6/h7-9H,10H2,1-6H3. The monoisotopic (exact) mass is 253 g/mol. The highest BCUT2D eigenvalue weighted by atomic mass is 16.6. The molecule has 0 aliphatic heterocycles. The van der Waals surface area contributed by atoms with Gasteiger partial charge in [0, 0.05) is 19.5 Å². The van der Waals surface area contributed by atoms with Crippen molar-refractivity contribution in [1.82, 2.24) is 4.57 Å². The van der Waals surface area contributed by atoms with Crippen molar-refractivity contribution in [3.05, 3.63) is 24.0 Å². The van der Waals surface area contributed by atoms with Gasteiger partial charge < -0.3 is 14.0 Å². The van der Waals surface area contributed by atoms with E-state index in [-0.39, 0.29) is 11.5 Å². The minimum Gasteiger partial charge on any atom is -0.456 e. The van der Waals surface area contributed by atoms with Crippen LogP contribution >= 0.6 is 0 Å². The molecule has 0 N–H and O–H groups in total. The first kappa shape index (κ1) is 14.8. The summed E-state index contributed by atoms with van der Waals surface area (Å²) in [7, 11) is 1.67. The molecule has 0 amide bonds. The topological polar surface area (TPSA) is 40.5 Å². The number of hydrogen-bond donors (Lipinski definition) is 0. The molecule has 0 saturated carbocycles. The van der Waals surface area contributed by atoms with Crippen molar-refractivity contribution in [2.45, 2.75) is 45.8 Å². The molecule has 0 aromatic carbocycles. The number of hydrogen-bond acceptors (Lipinski definition) is 3. The van der Waals surface area contributed by atoms with Gasteiger partial charge in [-0.25, -0.2) is 4.79 Å². The Morgan fingerprint density at radius 2 is 1.89 bits per heavy atom. The normalized spacial score (nSPS) is 12.6. The molecule has 1 aromatic heterocycles. The van der Waals surface area contributed by atoms with Gasteiger partial charge in [0.05, 0.1) is 17.7 Å². The van der Waals surface area contributed by atoms with Crippen LogP contribution < -0.4 is 0 Å². The van der Waals surface area contributed by atoms with Crippen molar-refractivity contribution < 1.29 is 14.3 Å². The predicted molar refractivity (Wildman–Crippen MR) is 70.8 cm³/mol. The minimum atomic E-state index is -0.471. The Balaban J connectivity index is 2.84. The first-order valence-corrected chi connectivity index (χ1v) is 6.06. The molecule has 0 saturated heterocycles. The molecule has 1 heterocycles. The van der Waals surface area contributed by atoms with E-state index in [1.54, 1.807) is 19.4 Å². The van der Waals surface area contributed by atoms with Gasteiger partial charge in [-0.05, 0) is 40.7 Å². The first-order valence-electron chi connectivity index (χ1n) is 6.06. The lowest BCUT2D eigenvalue weighted by Crippen LogP contribution is -2.30. The van der Waals surface area contributed by atoms with Gasteiger partial charge in [0.1, 0.15) is 5.60 Å². The van der Waals surface area contributed by atoms with E-state index in [9.17, 15) is 4.79 Å². The molecule has 0 unspecified atom stereocenters.